The molecular formula is C8H16O3S. The fraction of sp³-hybridized carbons (Fsp3) is 1.00. The van der Waals surface area contributed by atoms with E-state index in [1.807, 2.05) is 0 Å². The van der Waals surface area contributed by atoms with Crippen molar-refractivity contribution in [3.8, 4) is 0 Å². The first kappa shape index (κ1) is 9.99. The minimum Gasteiger partial charge on any atom is -0.393 e. The van der Waals surface area contributed by atoms with Crippen molar-refractivity contribution >= 4 is 9.84 Å². The van der Waals surface area contributed by atoms with Crippen molar-refractivity contribution in [1.29, 1.82) is 0 Å². The summed E-state index contributed by atoms with van der Waals surface area (Å²) in [6.45, 7) is 5.10. The predicted molar refractivity (Wildman–Crippen MR) is 47.7 cm³/mol. The second kappa shape index (κ2) is 2.70. The molecule has 1 N–H and O–H groups in total. The van der Waals surface area contributed by atoms with Crippen molar-refractivity contribution in [3.63, 3.8) is 0 Å². The molecule has 0 aromatic heterocycles. The zero-order chi connectivity index (χ0) is 9.57. The molecule has 0 aromatic carbocycles. The molecule has 0 saturated heterocycles. The normalized spacial score (nSPS) is 31.3. The second-order valence-corrected chi connectivity index (χ2v) is 7.39. The average Bonchev–Trinajstić information content (AvgIpc) is 1.78. The number of hydrogen-bond donors (Lipinski definition) is 1. The third-order valence-corrected chi connectivity index (χ3v) is 5.33. The van der Waals surface area contributed by atoms with Crippen molar-refractivity contribution in [2.45, 2.75) is 49.7 Å². The molecule has 0 amide bonds. The second-order valence-electron chi connectivity index (χ2n) is 4.40. The van der Waals surface area contributed by atoms with E-state index in [1.54, 1.807) is 20.8 Å². The van der Waals surface area contributed by atoms with Gasteiger partial charge in [0.25, 0.3) is 0 Å². The van der Waals surface area contributed by atoms with Gasteiger partial charge >= 0.3 is 0 Å². The smallest absolute Gasteiger partial charge is 0.158 e. The molecule has 1 aliphatic carbocycles. The largest absolute Gasteiger partial charge is 0.393 e. The van der Waals surface area contributed by atoms with Crippen LogP contribution in [0.15, 0.2) is 0 Å². The monoisotopic (exact) mass is 192 g/mol. The topological polar surface area (TPSA) is 54.4 Å². The Kier molecular flexibility index (Phi) is 2.25. The van der Waals surface area contributed by atoms with Crippen molar-refractivity contribution < 1.29 is 13.5 Å². The maximum atomic E-state index is 11.7. The molecule has 1 aliphatic rings. The molecule has 0 aromatic rings. The molecule has 0 radical (unpaired) electrons. The van der Waals surface area contributed by atoms with E-state index >= 15 is 0 Å². The Morgan fingerprint density at radius 1 is 1.25 bits per heavy atom. The third-order valence-electron chi connectivity index (χ3n) is 2.36. The van der Waals surface area contributed by atoms with Crippen LogP contribution in [0.2, 0.25) is 0 Å². The molecule has 4 heteroatoms. The number of aliphatic hydroxyl groups excluding tert-OH is 1. The van der Waals surface area contributed by atoms with Crippen molar-refractivity contribution in [2.75, 3.05) is 0 Å². The van der Waals surface area contributed by atoms with Gasteiger partial charge in [0, 0.05) is 0 Å². The molecule has 0 aliphatic heterocycles. The van der Waals surface area contributed by atoms with Crippen LogP contribution in [0.3, 0.4) is 0 Å². The number of aliphatic hydroxyl groups is 1. The van der Waals surface area contributed by atoms with Gasteiger partial charge in [-0.05, 0) is 33.6 Å². The minimum atomic E-state index is -3.03. The van der Waals surface area contributed by atoms with Crippen LogP contribution in [0.1, 0.15) is 33.6 Å². The van der Waals surface area contributed by atoms with Gasteiger partial charge < -0.3 is 5.11 Å². The summed E-state index contributed by atoms with van der Waals surface area (Å²) in [5, 5.41) is 8.67. The fourth-order valence-electron chi connectivity index (χ4n) is 1.29. The fourth-order valence-corrected chi connectivity index (χ4v) is 3.24. The van der Waals surface area contributed by atoms with Crippen LogP contribution >= 0.6 is 0 Å². The summed E-state index contributed by atoms with van der Waals surface area (Å²) < 4.78 is 22.7. The van der Waals surface area contributed by atoms with E-state index in [1.165, 1.54) is 0 Å². The third kappa shape index (κ3) is 1.50. The molecule has 1 rings (SSSR count). The Morgan fingerprint density at radius 2 is 1.67 bits per heavy atom. The standard InChI is InChI=1S/C8H16O3S/c1-8(2,3)12(10,11)7-4-6(9)5-7/h6-7,9H,4-5H2,1-3H3. The first-order chi connectivity index (χ1) is 5.25. The summed E-state index contributed by atoms with van der Waals surface area (Å²) in [6, 6.07) is 0. The Bertz CT molecular complexity index is 255. The molecule has 12 heavy (non-hydrogen) atoms. The van der Waals surface area contributed by atoms with Crippen LogP contribution in [0.5, 0.6) is 0 Å². The summed E-state index contributed by atoms with van der Waals surface area (Å²) in [4.78, 5) is 0. The first-order valence-corrected chi connectivity index (χ1v) is 5.71. The maximum Gasteiger partial charge on any atom is 0.158 e. The van der Waals surface area contributed by atoms with Gasteiger partial charge in [0.2, 0.25) is 0 Å². The lowest BCUT2D eigenvalue weighted by atomic mass is 9.96. The summed E-state index contributed by atoms with van der Waals surface area (Å²) in [6.07, 6.45) is 0.436. The average molecular weight is 192 g/mol. The minimum absolute atomic E-state index is 0.313. The summed E-state index contributed by atoms with van der Waals surface area (Å²) >= 11 is 0. The molecule has 0 atom stereocenters. The SMILES string of the molecule is CC(C)(C)S(=O)(=O)C1CC(O)C1. The molecule has 0 spiro atoms. The van der Waals surface area contributed by atoms with E-state index in [9.17, 15) is 8.42 Å². The van der Waals surface area contributed by atoms with Crippen LogP contribution < -0.4 is 0 Å². The lowest BCUT2D eigenvalue weighted by molar-refractivity contribution is 0.0971. The van der Waals surface area contributed by atoms with Crippen LogP contribution in [0.4, 0.5) is 0 Å². The molecule has 0 unspecified atom stereocenters. The summed E-state index contributed by atoms with van der Waals surface area (Å²) in [5.74, 6) is 0. The first-order valence-electron chi connectivity index (χ1n) is 4.16. The number of sulfone groups is 1. The molecule has 3 nitrogen and oxygen atoms in total. The molecule has 0 heterocycles. The number of rotatable bonds is 1. The van der Waals surface area contributed by atoms with E-state index in [0.29, 0.717) is 12.8 Å². The van der Waals surface area contributed by atoms with Crippen LogP contribution in [0, 0.1) is 0 Å². The highest BCUT2D eigenvalue weighted by Gasteiger charge is 2.43. The van der Waals surface area contributed by atoms with Crippen molar-refractivity contribution in [2.24, 2.45) is 0 Å². The molecule has 0 bridgehead atoms. The Balaban J connectivity index is 2.75. The van der Waals surface area contributed by atoms with E-state index in [0.717, 1.165) is 0 Å². The highest BCUT2D eigenvalue weighted by molar-refractivity contribution is 7.93. The van der Waals surface area contributed by atoms with Gasteiger partial charge in [0.1, 0.15) is 0 Å². The van der Waals surface area contributed by atoms with E-state index < -0.39 is 20.7 Å². The molecule has 72 valence electrons. The van der Waals surface area contributed by atoms with Crippen LogP contribution in [0.25, 0.3) is 0 Å². The molecule has 1 fully saturated rings. The highest BCUT2D eigenvalue weighted by atomic mass is 32.2. The Morgan fingerprint density at radius 3 is 1.92 bits per heavy atom. The quantitative estimate of drug-likeness (QED) is 0.666. The van der Waals surface area contributed by atoms with E-state index in [4.69, 9.17) is 5.11 Å². The van der Waals surface area contributed by atoms with Gasteiger partial charge in [0.15, 0.2) is 9.84 Å². The zero-order valence-corrected chi connectivity index (χ0v) is 8.56. The maximum absolute atomic E-state index is 11.7. The lowest BCUT2D eigenvalue weighted by Crippen LogP contribution is -2.46. The van der Waals surface area contributed by atoms with Crippen molar-refractivity contribution in [1.82, 2.24) is 0 Å². The van der Waals surface area contributed by atoms with Gasteiger partial charge in [-0.1, -0.05) is 0 Å². The molecule has 1 saturated carbocycles. The van der Waals surface area contributed by atoms with Gasteiger partial charge in [-0.25, -0.2) is 8.42 Å². The summed E-state index contributed by atoms with van der Waals surface area (Å²) in [7, 11) is -3.03. The Hall–Kier alpha value is -0.0900. The number of hydrogen-bond acceptors (Lipinski definition) is 3. The van der Waals surface area contributed by atoms with Crippen LogP contribution in [-0.4, -0.2) is 29.6 Å². The van der Waals surface area contributed by atoms with Gasteiger partial charge in [-0.15, -0.1) is 0 Å². The highest BCUT2D eigenvalue weighted by Crippen LogP contribution is 2.33. The van der Waals surface area contributed by atoms with Gasteiger partial charge in [-0.2, -0.15) is 0 Å². The predicted octanol–water partition coefficient (Wildman–Crippen LogP) is 0.723. The van der Waals surface area contributed by atoms with E-state index in [-0.39, 0.29) is 5.25 Å². The lowest BCUT2D eigenvalue weighted by Gasteiger charge is -2.35. The van der Waals surface area contributed by atoms with E-state index in [2.05, 4.69) is 0 Å². The van der Waals surface area contributed by atoms with Crippen LogP contribution in [-0.2, 0) is 9.84 Å². The Labute approximate surface area is 73.7 Å². The van der Waals surface area contributed by atoms with Gasteiger partial charge in [-0.3, -0.25) is 0 Å². The van der Waals surface area contributed by atoms with Gasteiger partial charge in [0.05, 0.1) is 16.1 Å². The summed E-state index contributed by atoms with van der Waals surface area (Å²) in [5.41, 5.74) is 0. The molecular weight excluding hydrogens is 176 g/mol. The van der Waals surface area contributed by atoms with Crippen molar-refractivity contribution in [3.05, 3.63) is 0 Å². The zero-order valence-electron chi connectivity index (χ0n) is 7.74.